The van der Waals surface area contributed by atoms with Crippen LogP contribution in [-0.4, -0.2) is 34.9 Å². The first-order chi connectivity index (χ1) is 11.2. The standard InChI is InChI=1S/C18H19FN2OS/c19-15-8-6-14(7-9-15)12-21-10-11-23-17(13-21)18(22)20-16-4-2-1-3-5-16/h1-9,17H,10-13H2,(H,20,22). The maximum Gasteiger partial charge on any atom is 0.238 e. The number of halogens is 1. The lowest BCUT2D eigenvalue weighted by Gasteiger charge is -2.31. The fourth-order valence-corrected chi connectivity index (χ4v) is 3.77. The van der Waals surface area contributed by atoms with Gasteiger partial charge < -0.3 is 5.32 Å². The van der Waals surface area contributed by atoms with Crippen LogP contribution in [0.25, 0.3) is 0 Å². The maximum absolute atomic E-state index is 13.0. The van der Waals surface area contributed by atoms with Crippen molar-refractivity contribution in [3.05, 3.63) is 66.0 Å². The first-order valence-corrected chi connectivity index (χ1v) is 8.70. The molecule has 2 aromatic rings. The predicted molar refractivity (Wildman–Crippen MR) is 93.0 cm³/mol. The molecule has 1 aliphatic rings. The SMILES string of the molecule is O=C(Nc1ccccc1)C1CN(Cc2ccc(F)cc2)CCS1. The summed E-state index contributed by atoms with van der Waals surface area (Å²) < 4.78 is 13.0. The third kappa shape index (κ3) is 4.56. The molecule has 0 bridgehead atoms. The smallest absolute Gasteiger partial charge is 0.238 e. The van der Waals surface area contributed by atoms with Crippen molar-refractivity contribution in [1.29, 1.82) is 0 Å². The van der Waals surface area contributed by atoms with E-state index in [9.17, 15) is 9.18 Å². The molecule has 1 amide bonds. The molecule has 1 saturated heterocycles. The molecular weight excluding hydrogens is 311 g/mol. The van der Waals surface area contributed by atoms with Gasteiger partial charge in [-0.05, 0) is 29.8 Å². The number of amides is 1. The number of hydrogen-bond acceptors (Lipinski definition) is 3. The molecule has 120 valence electrons. The van der Waals surface area contributed by atoms with Gasteiger partial charge in [-0.25, -0.2) is 4.39 Å². The van der Waals surface area contributed by atoms with Gasteiger partial charge in [0, 0.05) is 31.1 Å². The molecule has 0 aliphatic carbocycles. The van der Waals surface area contributed by atoms with Gasteiger partial charge in [-0.3, -0.25) is 9.69 Å². The van der Waals surface area contributed by atoms with E-state index in [1.54, 1.807) is 23.9 Å². The molecule has 2 aromatic carbocycles. The Bertz CT molecular complexity index is 648. The van der Waals surface area contributed by atoms with Crippen molar-refractivity contribution >= 4 is 23.4 Å². The van der Waals surface area contributed by atoms with Gasteiger partial charge in [0.1, 0.15) is 5.82 Å². The lowest BCUT2D eigenvalue weighted by atomic mass is 10.2. The summed E-state index contributed by atoms with van der Waals surface area (Å²) in [6, 6.07) is 16.1. The number of hydrogen-bond donors (Lipinski definition) is 1. The quantitative estimate of drug-likeness (QED) is 0.933. The minimum Gasteiger partial charge on any atom is -0.325 e. The molecule has 5 heteroatoms. The summed E-state index contributed by atoms with van der Waals surface area (Å²) in [7, 11) is 0. The number of benzene rings is 2. The van der Waals surface area contributed by atoms with Crippen molar-refractivity contribution in [2.75, 3.05) is 24.2 Å². The van der Waals surface area contributed by atoms with Crippen LogP contribution in [0.2, 0.25) is 0 Å². The Hall–Kier alpha value is -1.85. The number of rotatable bonds is 4. The zero-order chi connectivity index (χ0) is 16.1. The number of para-hydroxylation sites is 1. The van der Waals surface area contributed by atoms with Gasteiger partial charge in [-0.2, -0.15) is 0 Å². The zero-order valence-electron chi connectivity index (χ0n) is 12.7. The second kappa shape index (κ2) is 7.62. The fourth-order valence-electron chi connectivity index (χ4n) is 2.60. The molecule has 3 rings (SSSR count). The summed E-state index contributed by atoms with van der Waals surface area (Å²) in [5.41, 5.74) is 1.90. The van der Waals surface area contributed by atoms with Gasteiger partial charge in [0.05, 0.1) is 5.25 Å². The largest absolute Gasteiger partial charge is 0.325 e. The van der Waals surface area contributed by atoms with E-state index in [0.29, 0.717) is 6.54 Å². The molecule has 23 heavy (non-hydrogen) atoms. The van der Waals surface area contributed by atoms with E-state index in [4.69, 9.17) is 0 Å². The minimum absolute atomic E-state index is 0.0463. The molecule has 1 unspecified atom stereocenters. The Morgan fingerprint density at radius 1 is 1.17 bits per heavy atom. The van der Waals surface area contributed by atoms with Crippen LogP contribution in [0.4, 0.5) is 10.1 Å². The molecule has 1 heterocycles. The summed E-state index contributed by atoms with van der Waals surface area (Å²) in [6.07, 6.45) is 0. The van der Waals surface area contributed by atoms with E-state index >= 15 is 0 Å². The average molecular weight is 330 g/mol. The van der Waals surface area contributed by atoms with Crippen molar-refractivity contribution in [2.45, 2.75) is 11.8 Å². The van der Waals surface area contributed by atoms with Gasteiger partial charge in [-0.1, -0.05) is 30.3 Å². The zero-order valence-corrected chi connectivity index (χ0v) is 13.6. The number of nitrogens with zero attached hydrogens (tertiary/aromatic N) is 1. The van der Waals surface area contributed by atoms with Gasteiger partial charge in [0.25, 0.3) is 0 Å². The summed E-state index contributed by atoms with van der Waals surface area (Å²) in [4.78, 5) is 14.7. The van der Waals surface area contributed by atoms with Crippen molar-refractivity contribution in [3.8, 4) is 0 Å². The highest BCUT2D eigenvalue weighted by Crippen LogP contribution is 2.22. The minimum atomic E-state index is -0.219. The molecule has 0 spiro atoms. The van der Waals surface area contributed by atoms with E-state index in [-0.39, 0.29) is 17.0 Å². The van der Waals surface area contributed by atoms with E-state index in [1.165, 1.54) is 12.1 Å². The lowest BCUT2D eigenvalue weighted by Crippen LogP contribution is -2.42. The van der Waals surface area contributed by atoms with Crippen molar-refractivity contribution < 1.29 is 9.18 Å². The Morgan fingerprint density at radius 3 is 2.65 bits per heavy atom. The molecular formula is C18H19FN2OS. The first-order valence-electron chi connectivity index (χ1n) is 7.65. The van der Waals surface area contributed by atoms with Crippen molar-refractivity contribution in [1.82, 2.24) is 4.90 Å². The van der Waals surface area contributed by atoms with Crippen LogP contribution in [-0.2, 0) is 11.3 Å². The average Bonchev–Trinajstić information content (AvgIpc) is 2.58. The fraction of sp³-hybridized carbons (Fsp3) is 0.278. The summed E-state index contributed by atoms with van der Waals surface area (Å²) in [6.45, 7) is 2.40. The molecule has 1 fully saturated rings. The highest BCUT2D eigenvalue weighted by molar-refractivity contribution is 8.00. The number of carbonyl (C=O) groups excluding carboxylic acids is 1. The van der Waals surface area contributed by atoms with E-state index < -0.39 is 0 Å². The summed E-state index contributed by atoms with van der Waals surface area (Å²) >= 11 is 1.69. The second-order valence-electron chi connectivity index (χ2n) is 5.58. The molecule has 1 N–H and O–H groups in total. The first kappa shape index (κ1) is 16.0. The summed E-state index contributed by atoms with van der Waals surface area (Å²) in [5.74, 6) is 0.752. The van der Waals surface area contributed by atoms with E-state index in [2.05, 4.69) is 10.2 Å². The normalized spacial score (nSPS) is 18.6. The number of anilines is 1. The van der Waals surface area contributed by atoms with Crippen LogP contribution >= 0.6 is 11.8 Å². The highest BCUT2D eigenvalue weighted by atomic mass is 32.2. The molecule has 3 nitrogen and oxygen atoms in total. The maximum atomic E-state index is 13.0. The van der Waals surface area contributed by atoms with Crippen LogP contribution in [0.5, 0.6) is 0 Å². The van der Waals surface area contributed by atoms with Crippen LogP contribution in [0.3, 0.4) is 0 Å². The number of thioether (sulfide) groups is 1. The second-order valence-corrected chi connectivity index (χ2v) is 6.89. The van der Waals surface area contributed by atoms with E-state index in [1.807, 2.05) is 30.3 Å². The van der Waals surface area contributed by atoms with E-state index in [0.717, 1.165) is 30.1 Å². The Kier molecular flexibility index (Phi) is 5.31. The van der Waals surface area contributed by atoms with Crippen molar-refractivity contribution in [2.24, 2.45) is 0 Å². The van der Waals surface area contributed by atoms with Gasteiger partial charge in [0.2, 0.25) is 5.91 Å². The lowest BCUT2D eigenvalue weighted by molar-refractivity contribution is -0.116. The topological polar surface area (TPSA) is 32.3 Å². The van der Waals surface area contributed by atoms with Gasteiger partial charge in [0.15, 0.2) is 0 Å². The number of nitrogens with one attached hydrogen (secondary N) is 1. The third-order valence-electron chi connectivity index (χ3n) is 3.80. The molecule has 0 saturated carbocycles. The van der Waals surface area contributed by atoms with Gasteiger partial charge in [-0.15, -0.1) is 11.8 Å². The van der Waals surface area contributed by atoms with Crippen LogP contribution in [0.15, 0.2) is 54.6 Å². The predicted octanol–water partition coefficient (Wildman–Crippen LogP) is 3.38. The number of carbonyl (C=O) groups is 1. The van der Waals surface area contributed by atoms with Crippen LogP contribution in [0.1, 0.15) is 5.56 Å². The van der Waals surface area contributed by atoms with Crippen LogP contribution < -0.4 is 5.32 Å². The molecule has 0 aromatic heterocycles. The highest BCUT2D eigenvalue weighted by Gasteiger charge is 2.26. The van der Waals surface area contributed by atoms with Crippen molar-refractivity contribution in [3.63, 3.8) is 0 Å². The monoisotopic (exact) mass is 330 g/mol. The molecule has 1 aliphatic heterocycles. The molecule has 0 radical (unpaired) electrons. The summed E-state index contributed by atoms with van der Waals surface area (Å²) in [5, 5.41) is 2.89. The third-order valence-corrected chi connectivity index (χ3v) is 4.99. The molecule has 1 atom stereocenters. The Balaban J connectivity index is 1.57. The Labute approximate surface area is 139 Å². The van der Waals surface area contributed by atoms with Crippen LogP contribution in [0, 0.1) is 5.82 Å². The Morgan fingerprint density at radius 2 is 1.91 bits per heavy atom. The van der Waals surface area contributed by atoms with Gasteiger partial charge >= 0.3 is 0 Å².